The Hall–Kier alpha value is -2.97. The van der Waals surface area contributed by atoms with Crippen molar-refractivity contribution in [2.45, 2.75) is 12.1 Å². The molecule has 3 amide bonds. The van der Waals surface area contributed by atoms with Gasteiger partial charge in [0.05, 0.1) is 15.7 Å². The van der Waals surface area contributed by atoms with Crippen molar-refractivity contribution >= 4 is 52.3 Å². The van der Waals surface area contributed by atoms with Gasteiger partial charge in [-0.1, -0.05) is 52.7 Å². The number of imide groups is 1. The minimum absolute atomic E-state index is 0.110. The van der Waals surface area contributed by atoms with E-state index >= 15 is 0 Å². The fourth-order valence-electron chi connectivity index (χ4n) is 3.15. The number of fused-ring (bicyclic) bond motifs is 1. The van der Waals surface area contributed by atoms with Crippen LogP contribution in [0.4, 0.5) is 11.4 Å². The summed E-state index contributed by atoms with van der Waals surface area (Å²) >= 11 is 12.3. The summed E-state index contributed by atoms with van der Waals surface area (Å²) in [6, 6.07) is 11.5. The minimum atomic E-state index is -1.04. The van der Waals surface area contributed by atoms with Crippen LogP contribution in [0, 0.1) is 0 Å². The lowest BCUT2D eigenvalue weighted by Gasteiger charge is -2.21. The zero-order chi connectivity index (χ0) is 19.8. The first-order valence-electron chi connectivity index (χ1n) is 8.31. The van der Waals surface area contributed by atoms with Crippen molar-refractivity contribution < 1.29 is 14.4 Å². The van der Waals surface area contributed by atoms with Crippen molar-refractivity contribution in [3.05, 3.63) is 58.6 Å². The molecule has 10 heteroatoms. The molecular formula is C18H13Cl2N5O3. The Kier molecular flexibility index (Phi) is 4.74. The molecule has 1 fully saturated rings. The van der Waals surface area contributed by atoms with E-state index in [0.29, 0.717) is 5.69 Å². The largest absolute Gasteiger partial charge is 0.324 e. The normalized spacial score (nSPS) is 20.6. The highest BCUT2D eigenvalue weighted by Gasteiger charge is 2.55. The van der Waals surface area contributed by atoms with E-state index in [2.05, 4.69) is 15.7 Å². The zero-order valence-corrected chi connectivity index (χ0v) is 15.8. The summed E-state index contributed by atoms with van der Waals surface area (Å²) in [7, 11) is 0. The van der Waals surface area contributed by atoms with Crippen LogP contribution in [0.15, 0.2) is 58.9 Å². The number of para-hydroxylation sites is 2. The highest BCUT2D eigenvalue weighted by atomic mass is 35.5. The Morgan fingerprint density at radius 3 is 2.36 bits per heavy atom. The van der Waals surface area contributed by atoms with Gasteiger partial charge in [-0.3, -0.25) is 19.4 Å². The van der Waals surface area contributed by atoms with E-state index < -0.39 is 23.9 Å². The molecule has 8 nitrogen and oxygen atoms in total. The van der Waals surface area contributed by atoms with Crippen LogP contribution >= 0.6 is 23.2 Å². The van der Waals surface area contributed by atoms with Crippen LogP contribution in [0.2, 0.25) is 10.0 Å². The molecule has 28 heavy (non-hydrogen) atoms. The van der Waals surface area contributed by atoms with Crippen molar-refractivity contribution in [2.75, 3.05) is 16.8 Å². The third-order valence-corrected chi connectivity index (χ3v) is 4.99. The first kappa shape index (κ1) is 18.4. The van der Waals surface area contributed by atoms with Gasteiger partial charge in [-0.2, -0.15) is 5.11 Å². The SMILES string of the molecule is O=C(CN1N=N[C@H]2C(=O)N(c3c(Cl)cccc3Cl)C(=O)[C@H]21)Nc1ccccc1. The molecule has 2 aromatic rings. The molecule has 0 saturated carbocycles. The Balaban J connectivity index is 1.54. The molecule has 0 aromatic heterocycles. The van der Waals surface area contributed by atoms with Crippen LogP contribution in [0.5, 0.6) is 0 Å². The summed E-state index contributed by atoms with van der Waals surface area (Å²) in [5.41, 5.74) is 0.720. The average molecular weight is 418 g/mol. The van der Waals surface area contributed by atoms with Crippen LogP contribution < -0.4 is 10.2 Å². The quantitative estimate of drug-likeness (QED) is 0.773. The molecule has 0 unspecified atom stereocenters. The predicted octanol–water partition coefficient (Wildman–Crippen LogP) is 2.93. The summed E-state index contributed by atoms with van der Waals surface area (Å²) in [4.78, 5) is 38.9. The van der Waals surface area contributed by atoms with Crippen molar-refractivity contribution in [3.63, 3.8) is 0 Å². The van der Waals surface area contributed by atoms with Crippen LogP contribution in [0.25, 0.3) is 0 Å². The van der Waals surface area contributed by atoms with Gasteiger partial charge >= 0.3 is 0 Å². The van der Waals surface area contributed by atoms with E-state index in [4.69, 9.17) is 23.2 Å². The topological polar surface area (TPSA) is 94.4 Å². The number of benzene rings is 2. The Bertz CT molecular complexity index is 978. The summed E-state index contributed by atoms with van der Waals surface area (Å²) in [5.74, 6) is -1.55. The fourth-order valence-corrected chi connectivity index (χ4v) is 3.71. The molecule has 0 aliphatic carbocycles. The number of nitrogens with one attached hydrogen (secondary N) is 1. The van der Waals surface area contributed by atoms with E-state index in [0.717, 1.165) is 4.90 Å². The molecule has 2 aliphatic heterocycles. The Labute approximate surface area is 169 Å². The average Bonchev–Trinajstić information content (AvgIpc) is 3.17. The second kappa shape index (κ2) is 7.21. The molecule has 0 radical (unpaired) electrons. The van der Waals surface area contributed by atoms with E-state index in [1.807, 2.05) is 6.07 Å². The van der Waals surface area contributed by atoms with E-state index in [1.54, 1.807) is 30.3 Å². The van der Waals surface area contributed by atoms with Crippen molar-refractivity contribution in [2.24, 2.45) is 10.3 Å². The second-order valence-electron chi connectivity index (χ2n) is 6.19. The number of hydrogen-bond donors (Lipinski definition) is 1. The van der Waals surface area contributed by atoms with Gasteiger partial charge in [-0.15, -0.1) is 0 Å². The van der Waals surface area contributed by atoms with Gasteiger partial charge in [0.25, 0.3) is 11.8 Å². The molecule has 0 bridgehead atoms. The van der Waals surface area contributed by atoms with Crippen molar-refractivity contribution in [1.29, 1.82) is 0 Å². The van der Waals surface area contributed by atoms with Crippen LogP contribution in [-0.4, -0.2) is 41.4 Å². The lowest BCUT2D eigenvalue weighted by Crippen LogP contribution is -2.43. The van der Waals surface area contributed by atoms with Gasteiger partial charge in [-0.05, 0) is 24.3 Å². The van der Waals surface area contributed by atoms with Gasteiger partial charge in [0.15, 0.2) is 12.1 Å². The molecule has 4 rings (SSSR count). The highest BCUT2D eigenvalue weighted by molar-refractivity contribution is 6.42. The first-order valence-corrected chi connectivity index (χ1v) is 9.07. The summed E-state index contributed by atoms with van der Waals surface area (Å²) in [6.07, 6.45) is 0. The smallest absolute Gasteiger partial charge is 0.263 e. The van der Waals surface area contributed by atoms with E-state index in [9.17, 15) is 14.4 Å². The van der Waals surface area contributed by atoms with Gasteiger partial charge < -0.3 is 5.32 Å². The number of halogens is 2. The maximum atomic E-state index is 12.9. The van der Waals surface area contributed by atoms with Gasteiger partial charge in [0.1, 0.15) is 6.54 Å². The lowest BCUT2D eigenvalue weighted by molar-refractivity contribution is -0.123. The molecule has 1 saturated heterocycles. The minimum Gasteiger partial charge on any atom is -0.324 e. The van der Waals surface area contributed by atoms with Crippen molar-refractivity contribution in [3.8, 4) is 0 Å². The summed E-state index contributed by atoms with van der Waals surface area (Å²) in [5, 5.41) is 12.0. The Morgan fingerprint density at radius 2 is 1.68 bits per heavy atom. The number of rotatable bonds is 4. The monoisotopic (exact) mass is 417 g/mol. The standard InChI is InChI=1S/C18H13Cl2N5O3/c19-11-7-4-8-12(20)15(11)25-17(27)14-16(18(25)28)24(23-22-14)9-13(26)21-10-5-2-1-3-6-10/h1-8,14,16H,9H2,(H,21,26)/t14-,16+/m1/s1. The van der Waals surface area contributed by atoms with Gasteiger partial charge in [0.2, 0.25) is 5.91 Å². The fraction of sp³-hybridized carbons (Fsp3) is 0.167. The zero-order valence-electron chi connectivity index (χ0n) is 14.3. The van der Waals surface area contributed by atoms with E-state index in [-0.39, 0.29) is 28.2 Å². The highest BCUT2D eigenvalue weighted by Crippen LogP contribution is 2.39. The van der Waals surface area contributed by atoms with Crippen LogP contribution in [-0.2, 0) is 14.4 Å². The maximum Gasteiger partial charge on any atom is 0.263 e. The molecule has 0 spiro atoms. The molecule has 2 aromatic carbocycles. The van der Waals surface area contributed by atoms with Gasteiger partial charge in [-0.25, -0.2) is 4.90 Å². The van der Waals surface area contributed by atoms with Crippen molar-refractivity contribution in [1.82, 2.24) is 5.01 Å². The van der Waals surface area contributed by atoms with Crippen LogP contribution in [0.1, 0.15) is 0 Å². The first-order chi connectivity index (χ1) is 13.5. The molecule has 2 atom stereocenters. The molecule has 2 aliphatic rings. The van der Waals surface area contributed by atoms with Gasteiger partial charge in [0, 0.05) is 5.69 Å². The number of carbonyl (C=O) groups is 3. The number of amides is 3. The number of carbonyl (C=O) groups excluding carboxylic acids is 3. The lowest BCUT2D eigenvalue weighted by atomic mass is 10.1. The number of hydrogen-bond acceptors (Lipinski definition) is 6. The molecule has 2 heterocycles. The molecule has 1 N–H and O–H groups in total. The number of anilines is 2. The Morgan fingerprint density at radius 1 is 1.00 bits per heavy atom. The number of nitrogens with zero attached hydrogens (tertiary/aromatic N) is 4. The predicted molar refractivity (Wildman–Crippen MR) is 103 cm³/mol. The molecule has 142 valence electrons. The second-order valence-corrected chi connectivity index (χ2v) is 7.00. The summed E-state index contributed by atoms with van der Waals surface area (Å²) < 4.78 is 0. The van der Waals surface area contributed by atoms with Crippen LogP contribution in [0.3, 0.4) is 0 Å². The third-order valence-electron chi connectivity index (χ3n) is 4.38. The molecular weight excluding hydrogens is 405 g/mol. The maximum absolute atomic E-state index is 12.9. The van der Waals surface area contributed by atoms with E-state index in [1.165, 1.54) is 17.1 Å². The third kappa shape index (κ3) is 3.10. The summed E-state index contributed by atoms with van der Waals surface area (Å²) in [6.45, 7) is -0.233.